The van der Waals surface area contributed by atoms with E-state index in [-0.39, 0.29) is 23.2 Å². The molecule has 2 N–H and O–H groups in total. The summed E-state index contributed by atoms with van der Waals surface area (Å²) in [5.74, 6) is -0.648. The van der Waals surface area contributed by atoms with E-state index < -0.39 is 0 Å². The van der Waals surface area contributed by atoms with Crippen LogP contribution in [0.4, 0.5) is 0 Å². The summed E-state index contributed by atoms with van der Waals surface area (Å²) in [5.41, 5.74) is 2.31. The molecule has 0 unspecified atom stereocenters. The lowest BCUT2D eigenvalue weighted by Crippen LogP contribution is -2.28. The van der Waals surface area contributed by atoms with E-state index in [1.807, 2.05) is 48.5 Å². The first-order valence-corrected chi connectivity index (χ1v) is 8.69. The molecular formula is C21H20N4O2. The average Bonchev–Trinajstić information content (AvgIpc) is 2.73. The summed E-state index contributed by atoms with van der Waals surface area (Å²) in [5, 5.41) is 5.58. The van der Waals surface area contributed by atoms with E-state index in [1.165, 1.54) is 0 Å². The maximum absolute atomic E-state index is 12.3. The van der Waals surface area contributed by atoms with Gasteiger partial charge in [0.15, 0.2) is 0 Å². The minimum atomic E-state index is -0.348. The molecule has 0 fully saturated rings. The van der Waals surface area contributed by atoms with Gasteiger partial charge < -0.3 is 10.6 Å². The van der Waals surface area contributed by atoms with Crippen LogP contribution in [0.1, 0.15) is 32.2 Å². The fourth-order valence-corrected chi connectivity index (χ4v) is 2.51. The van der Waals surface area contributed by atoms with Crippen LogP contribution in [0.3, 0.4) is 0 Å². The molecule has 27 heavy (non-hydrogen) atoms. The van der Waals surface area contributed by atoms with Gasteiger partial charge in [0.2, 0.25) is 0 Å². The number of benzene rings is 1. The van der Waals surface area contributed by atoms with Crippen molar-refractivity contribution >= 4 is 11.8 Å². The second-order valence-corrected chi connectivity index (χ2v) is 5.90. The van der Waals surface area contributed by atoms with E-state index in [1.54, 1.807) is 24.4 Å². The number of pyridine rings is 2. The number of nitrogens with zero attached hydrogens (tertiary/aromatic N) is 2. The molecule has 0 atom stereocenters. The summed E-state index contributed by atoms with van der Waals surface area (Å²) < 4.78 is 0. The molecule has 0 aliphatic heterocycles. The van der Waals surface area contributed by atoms with Crippen LogP contribution in [0.5, 0.6) is 0 Å². The van der Waals surface area contributed by atoms with Gasteiger partial charge in [0.25, 0.3) is 11.8 Å². The van der Waals surface area contributed by atoms with Crippen LogP contribution in [0.25, 0.3) is 0 Å². The quantitative estimate of drug-likeness (QED) is 0.678. The van der Waals surface area contributed by atoms with E-state index in [9.17, 15) is 9.59 Å². The normalized spacial score (nSPS) is 10.2. The number of nitrogens with one attached hydrogen (secondary N) is 2. The van der Waals surface area contributed by atoms with E-state index in [2.05, 4.69) is 20.6 Å². The Hall–Kier alpha value is -3.54. The van der Waals surface area contributed by atoms with Crippen molar-refractivity contribution in [3.63, 3.8) is 0 Å². The van der Waals surface area contributed by atoms with Crippen molar-refractivity contribution in [3.05, 3.63) is 95.6 Å². The van der Waals surface area contributed by atoms with Crippen LogP contribution in [-0.2, 0) is 13.0 Å². The van der Waals surface area contributed by atoms with Gasteiger partial charge in [-0.2, -0.15) is 0 Å². The number of amides is 2. The maximum atomic E-state index is 12.3. The van der Waals surface area contributed by atoms with Crippen LogP contribution >= 0.6 is 0 Å². The Morgan fingerprint density at radius 3 is 2.19 bits per heavy atom. The predicted molar refractivity (Wildman–Crippen MR) is 102 cm³/mol. The Balaban J connectivity index is 1.54. The minimum absolute atomic E-state index is 0.196. The van der Waals surface area contributed by atoms with Gasteiger partial charge in [0.1, 0.15) is 11.4 Å². The van der Waals surface area contributed by atoms with Crippen molar-refractivity contribution in [1.82, 2.24) is 20.6 Å². The highest BCUT2D eigenvalue weighted by Gasteiger charge is 2.12. The molecule has 6 nitrogen and oxygen atoms in total. The van der Waals surface area contributed by atoms with E-state index in [0.717, 1.165) is 17.7 Å². The van der Waals surface area contributed by atoms with Gasteiger partial charge in [-0.25, -0.2) is 4.98 Å². The average molecular weight is 360 g/mol. The Labute approximate surface area is 157 Å². The van der Waals surface area contributed by atoms with Crippen LogP contribution in [0, 0.1) is 0 Å². The van der Waals surface area contributed by atoms with Crippen molar-refractivity contribution in [3.8, 4) is 0 Å². The lowest BCUT2D eigenvalue weighted by Gasteiger charge is -2.07. The second-order valence-electron chi connectivity index (χ2n) is 5.90. The van der Waals surface area contributed by atoms with Crippen molar-refractivity contribution in [1.29, 1.82) is 0 Å². The molecule has 0 aliphatic rings. The van der Waals surface area contributed by atoms with Crippen molar-refractivity contribution < 1.29 is 9.59 Å². The Kier molecular flexibility index (Phi) is 6.25. The standard InChI is InChI=1S/C21H20N4O2/c26-20(23-14-12-16-7-2-1-3-8-16)18-10-6-11-19(25-18)21(27)24-15-17-9-4-5-13-22-17/h1-11,13H,12,14-15H2,(H,23,26)(H,24,27). The summed E-state index contributed by atoms with van der Waals surface area (Å²) in [6.45, 7) is 0.801. The molecule has 0 saturated carbocycles. The van der Waals surface area contributed by atoms with Crippen LogP contribution < -0.4 is 10.6 Å². The number of carbonyl (C=O) groups is 2. The lowest BCUT2D eigenvalue weighted by atomic mass is 10.1. The third-order valence-electron chi connectivity index (χ3n) is 3.91. The summed E-state index contributed by atoms with van der Waals surface area (Å²) >= 11 is 0. The molecule has 2 amide bonds. The molecule has 2 aromatic heterocycles. The summed E-state index contributed by atoms with van der Waals surface area (Å²) in [6.07, 6.45) is 2.40. The largest absolute Gasteiger partial charge is 0.350 e. The fourth-order valence-electron chi connectivity index (χ4n) is 2.51. The van der Waals surface area contributed by atoms with Gasteiger partial charge in [0.05, 0.1) is 12.2 Å². The molecule has 0 radical (unpaired) electrons. The van der Waals surface area contributed by atoms with Gasteiger partial charge in [-0.1, -0.05) is 42.5 Å². The monoisotopic (exact) mass is 360 g/mol. The highest BCUT2D eigenvalue weighted by atomic mass is 16.2. The first kappa shape index (κ1) is 18.3. The molecule has 0 bridgehead atoms. The molecule has 1 aromatic carbocycles. The summed E-state index contributed by atoms with van der Waals surface area (Å²) in [6, 6.07) is 20.2. The predicted octanol–water partition coefficient (Wildman–Crippen LogP) is 2.38. The van der Waals surface area contributed by atoms with Crippen LogP contribution in [0.2, 0.25) is 0 Å². The van der Waals surface area contributed by atoms with E-state index in [0.29, 0.717) is 13.1 Å². The van der Waals surface area contributed by atoms with Crippen molar-refractivity contribution in [2.45, 2.75) is 13.0 Å². The second kappa shape index (κ2) is 9.24. The first-order chi connectivity index (χ1) is 13.2. The zero-order valence-electron chi connectivity index (χ0n) is 14.8. The minimum Gasteiger partial charge on any atom is -0.350 e. The van der Waals surface area contributed by atoms with Gasteiger partial charge in [-0.15, -0.1) is 0 Å². The van der Waals surface area contributed by atoms with E-state index in [4.69, 9.17) is 0 Å². The Bertz CT molecular complexity index is 898. The number of hydrogen-bond acceptors (Lipinski definition) is 4. The molecule has 0 spiro atoms. The summed E-state index contributed by atoms with van der Waals surface area (Å²) in [4.78, 5) is 32.8. The topological polar surface area (TPSA) is 84.0 Å². The number of rotatable bonds is 7. The molecule has 3 rings (SSSR count). The third-order valence-corrected chi connectivity index (χ3v) is 3.91. The van der Waals surface area contributed by atoms with Gasteiger partial charge in [0, 0.05) is 12.7 Å². The fraction of sp³-hybridized carbons (Fsp3) is 0.143. The van der Waals surface area contributed by atoms with Gasteiger partial charge >= 0.3 is 0 Å². The maximum Gasteiger partial charge on any atom is 0.270 e. The Morgan fingerprint density at radius 1 is 0.778 bits per heavy atom. The van der Waals surface area contributed by atoms with Crippen molar-refractivity contribution in [2.24, 2.45) is 0 Å². The summed E-state index contributed by atoms with van der Waals surface area (Å²) in [7, 11) is 0. The molecule has 3 aromatic rings. The zero-order chi connectivity index (χ0) is 18.9. The van der Waals surface area contributed by atoms with Gasteiger partial charge in [-0.05, 0) is 36.2 Å². The third kappa shape index (κ3) is 5.47. The molecule has 136 valence electrons. The lowest BCUT2D eigenvalue weighted by molar-refractivity contribution is 0.0942. The van der Waals surface area contributed by atoms with Gasteiger partial charge in [-0.3, -0.25) is 14.6 Å². The molecular weight excluding hydrogens is 340 g/mol. The smallest absolute Gasteiger partial charge is 0.270 e. The molecule has 6 heteroatoms. The molecule has 0 aliphatic carbocycles. The number of hydrogen-bond donors (Lipinski definition) is 2. The first-order valence-electron chi connectivity index (χ1n) is 8.69. The highest BCUT2D eigenvalue weighted by molar-refractivity contribution is 5.96. The zero-order valence-corrected chi connectivity index (χ0v) is 14.8. The van der Waals surface area contributed by atoms with Crippen molar-refractivity contribution in [2.75, 3.05) is 6.54 Å². The van der Waals surface area contributed by atoms with Crippen LogP contribution in [0.15, 0.2) is 72.9 Å². The highest BCUT2D eigenvalue weighted by Crippen LogP contribution is 2.02. The molecule has 0 saturated heterocycles. The number of aromatic nitrogens is 2. The SMILES string of the molecule is O=C(NCCc1ccccc1)c1cccc(C(=O)NCc2ccccn2)n1. The number of carbonyl (C=O) groups excluding carboxylic acids is 2. The Morgan fingerprint density at radius 2 is 1.48 bits per heavy atom. The molecule has 2 heterocycles. The van der Waals surface area contributed by atoms with Crippen LogP contribution in [-0.4, -0.2) is 28.3 Å². The van der Waals surface area contributed by atoms with E-state index >= 15 is 0 Å².